The lowest BCUT2D eigenvalue weighted by molar-refractivity contribution is -0.384. The molecular weight excluding hydrogens is 320 g/mol. The van der Waals surface area contributed by atoms with E-state index in [0.29, 0.717) is 5.69 Å². The van der Waals surface area contributed by atoms with Crippen molar-refractivity contribution in [3.63, 3.8) is 0 Å². The molecule has 0 aliphatic rings. The molecule has 4 rings (SSSR count). The minimum Gasteiger partial charge on any atom is -0.258 e. The third-order valence-electron chi connectivity index (χ3n) is 3.81. The van der Waals surface area contributed by atoms with E-state index < -0.39 is 4.92 Å². The Bertz CT molecular complexity index is 1090. The lowest BCUT2D eigenvalue weighted by Gasteiger charge is -2.04. The van der Waals surface area contributed by atoms with Crippen LogP contribution in [0, 0.1) is 10.1 Å². The molecular formula is C19H12N2O2S. The molecule has 0 saturated heterocycles. The first-order valence-electron chi connectivity index (χ1n) is 7.43. The second-order valence-corrected chi connectivity index (χ2v) is 6.38. The van der Waals surface area contributed by atoms with Crippen molar-refractivity contribution in [1.82, 2.24) is 0 Å². The largest absolute Gasteiger partial charge is 0.294 e. The van der Waals surface area contributed by atoms with E-state index in [4.69, 9.17) is 0 Å². The molecule has 5 heteroatoms. The molecule has 0 amide bonds. The summed E-state index contributed by atoms with van der Waals surface area (Å²) in [4.78, 5) is 15.6. The summed E-state index contributed by atoms with van der Waals surface area (Å²) in [6.07, 6.45) is 0. The maximum atomic E-state index is 11.3. The maximum absolute atomic E-state index is 11.3. The van der Waals surface area contributed by atoms with E-state index in [2.05, 4.69) is 4.99 Å². The van der Waals surface area contributed by atoms with Gasteiger partial charge in [-0.25, -0.2) is 4.99 Å². The van der Waals surface area contributed by atoms with E-state index in [1.165, 1.54) is 6.07 Å². The quantitative estimate of drug-likeness (QED) is 0.288. The summed E-state index contributed by atoms with van der Waals surface area (Å²) in [5, 5.41) is 14.1. The van der Waals surface area contributed by atoms with Crippen LogP contribution in [0.1, 0.15) is 0 Å². The van der Waals surface area contributed by atoms with Crippen molar-refractivity contribution in [2.75, 3.05) is 0 Å². The predicted octanol–water partition coefficient (Wildman–Crippen LogP) is 5.20. The molecule has 0 radical (unpaired) electrons. The molecule has 0 unspecified atom stereocenters. The fourth-order valence-corrected chi connectivity index (χ4v) is 3.80. The summed E-state index contributed by atoms with van der Waals surface area (Å²) >= 11 is 1.69. The first kappa shape index (κ1) is 14.5. The lowest BCUT2D eigenvalue weighted by Crippen LogP contribution is -2.04. The van der Waals surface area contributed by atoms with Gasteiger partial charge < -0.3 is 0 Å². The Morgan fingerprint density at radius 2 is 1.33 bits per heavy atom. The topological polar surface area (TPSA) is 55.5 Å². The number of benzene rings is 3. The highest BCUT2D eigenvalue weighted by Crippen LogP contribution is 2.28. The van der Waals surface area contributed by atoms with Gasteiger partial charge in [0.2, 0.25) is 0 Å². The van der Waals surface area contributed by atoms with Gasteiger partial charge in [-0.05, 0) is 18.2 Å². The number of nitro benzene ring substituents is 1. The van der Waals surface area contributed by atoms with Crippen molar-refractivity contribution in [3.05, 3.63) is 88.3 Å². The van der Waals surface area contributed by atoms with Gasteiger partial charge in [0.1, 0.15) is 5.69 Å². The molecule has 0 aliphatic heterocycles. The van der Waals surface area contributed by atoms with Gasteiger partial charge in [-0.2, -0.15) is 0 Å². The molecule has 0 spiro atoms. The second kappa shape index (κ2) is 5.86. The molecule has 4 nitrogen and oxygen atoms in total. The Kier molecular flexibility index (Phi) is 3.55. The van der Waals surface area contributed by atoms with Gasteiger partial charge in [0.25, 0.3) is 5.69 Å². The lowest BCUT2D eigenvalue weighted by atomic mass is 10.1. The van der Waals surface area contributed by atoms with Crippen molar-refractivity contribution in [1.29, 1.82) is 0 Å². The van der Waals surface area contributed by atoms with Crippen molar-refractivity contribution >= 4 is 42.9 Å². The van der Waals surface area contributed by atoms with Gasteiger partial charge >= 0.3 is 0 Å². The molecule has 0 atom stereocenters. The van der Waals surface area contributed by atoms with Crippen LogP contribution in [0.3, 0.4) is 0 Å². The first-order valence-corrected chi connectivity index (χ1v) is 8.24. The SMILES string of the molecule is O=[N+]([O-])c1ccccc1N=c1c2ccccc2sc2ccccc12. The van der Waals surface area contributed by atoms with Gasteiger partial charge in [-0.15, -0.1) is 11.3 Å². The number of rotatable bonds is 2. The molecule has 0 saturated carbocycles. The normalized spacial score (nSPS) is 10.8. The van der Waals surface area contributed by atoms with Gasteiger partial charge in [-0.1, -0.05) is 48.5 Å². The van der Waals surface area contributed by atoms with Gasteiger partial charge in [0.05, 0.1) is 10.3 Å². The smallest absolute Gasteiger partial charge is 0.258 e. The van der Waals surface area contributed by atoms with Crippen LogP contribution in [0.15, 0.2) is 77.8 Å². The van der Waals surface area contributed by atoms with Crippen LogP contribution in [0.2, 0.25) is 0 Å². The molecule has 0 aliphatic carbocycles. The predicted molar refractivity (Wildman–Crippen MR) is 97.7 cm³/mol. The van der Waals surface area contributed by atoms with E-state index in [-0.39, 0.29) is 5.69 Å². The van der Waals surface area contributed by atoms with Crippen LogP contribution in [-0.4, -0.2) is 4.92 Å². The Hall–Kier alpha value is -3.05. The van der Waals surface area contributed by atoms with Crippen LogP contribution in [0.25, 0.3) is 20.2 Å². The van der Waals surface area contributed by atoms with Crippen molar-refractivity contribution in [3.8, 4) is 0 Å². The Morgan fingerprint density at radius 1 is 0.792 bits per heavy atom. The average Bonchev–Trinajstić information content (AvgIpc) is 2.62. The summed E-state index contributed by atoms with van der Waals surface area (Å²) in [6.45, 7) is 0. The highest BCUT2D eigenvalue weighted by Gasteiger charge is 2.12. The zero-order valence-electron chi connectivity index (χ0n) is 12.5. The van der Waals surface area contributed by atoms with Crippen molar-refractivity contribution < 1.29 is 4.92 Å². The monoisotopic (exact) mass is 332 g/mol. The average molecular weight is 332 g/mol. The highest BCUT2D eigenvalue weighted by atomic mass is 32.1. The van der Waals surface area contributed by atoms with Crippen LogP contribution in [-0.2, 0) is 0 Å². The fraction of sp³-hybridized carbons (Fsp3) is 0. The van der Waals surface area contributed by atoms with Crippen molar-refractivity contribution in [2.24, 2.45) is 4.99 Å². The van der Waals surface area contributed by atoms with E-state index in [0.717, 1.165) is 25.5 Å². The molecule has 3 aromatic carbocycles. The fourth-order valence-electron chi connectivity index (χ4n) is 2.72. The minimum absolute atomic E-state index is 0.0122. The summed E-state index contributed by atoms with van der Waals surface area (Å²) in [7, 11) is 0. The Labute approximate surface area is 141 Å². The third kappa shape index (κ3) is 2.45. The maximum Gasteiger partial charge on any atom is 0.294 e. The Morgan fingerprint density at radius 3 is 1.96 bits per heavy atom. The zero-order valence-corrected chi connectivity index (χ0v) is 13.4. The summed E-state index contributed by atoms with van der Waals surface area (Å²) in [5.74, 6) is 0. The van der Waals surface area contributed by atoms with E-state index >= 15 is 0 Å². The highest BCUT2D eigenvalue weighted by molar-refractivity contribution is 7.24. The number of hydrogen-bond acceptors (Lipinski definition) is 4. The van der Waals surface area contributed by atoms with E-state index in [9.17, 15) is 10.1 Å². The molecule has 116 valence electrons. The van der Waals surface area contributed by atoms with E-state index in [1.54, 1.807) is 29.5 Å². The molecule has 4 aromatic rings. The van der Waals surface area contributed by atoms with Crippen LogP contribution >= 0.6 is 11.3 Å². The molecule has 0 bridgehead atoms. The molecule has 1 aromatic heterocycles. The third-order valence-corrected chi connectivity index (χ3v) is 4.97. The van der Waals surface area contributed by atoms with Gasteiger partial charge in [0.15, 0.2) is 0 Å². The van der Waals surface area contributed by atoms with Crippen LogP contribution in [0.5, 0.6) is 0 Å². The summed E-state index contributed by atoms with van der Waals surface area (Å²) in [6, 6.07) is 22.6. The number of para-hydroxylation sites is 2. The van der Waals surface area contributed by atoms with E-state index in [1.807, 2.05) is 48.5 Å². The van der Waals surface area contributed by atoms with Crippen LogP contribution < -0.4 is 5.36 Å². The molecule has 1 heterocycles. The second-order valence-electron chi connectivity index (χ2n) is 5.30. The zero-order chi connectivity index (χ0) is 16.5. The molecule has 0 N–H and O–H groups in total. The van der Waals surface area contributed by atoms with Crippen molar-refractivity contribution in [2.45, 2.75) is 0 Å². The van der Waals surface area contributed by atoms with Gasteiger partial charge in [-0.3, -0.25) is 10.1 Å². The first-order chi connectivity index (χ1) is 11.7. The van der Waals surface area contributed by atoms with Gasteiger partial charge in [0, 0.05) is 26.2 Å². The molecule has 24 heavy (non-hydrogen) atoms. The minimum atomic E-state index is -0.394. The Balaban J connectivity index is 2.17. The van der Waals surface area contributed by atoms with Crippen LogP contribution in [0.4, 0.5) is 11.4 Å². The number of nitro groups is 1. The molecule has 0 fully saturated rings. The standard InChI is InChI=1S/C19H12N2O2S/c22-21(23)16-10-4-3-9-15(16)20-19-13-7-1-5-11-17(13)24-18-12-6-2-8-14(18)19/h1-12H. The number of hydrogen-bond donors (Lipinski definition) is 0. The summed E-state index contributed by atoms with van der Waals surface area (Å²) in [5.41, 5.74) is 0.382. The summed E-state index contributed by atoms with van der Waals surface area (Å²) < 4.78 is 2.21. The number of nitrogens with zero attached hydrogens (tertiary/aromatic N) is 2. The number of fused-ring (bicyclic) bond motifs is 2.